The van der Waals surface area contributed by atoms with Gasteiger partial charge < -0.3 is 10.1 Å². The molecule has 0 spiro atoms. The van der Waals surface area contributed by atoms with E-state index in [4.69, 9.17) is 16.3 Å². The lowest BCUT2D eigenvalue weighted by Gasteiger charge is -2.07. The number of hydrogen-bond acceptors (Lipinski definition) is 5. The first-order valence-corrected chi connectivity index (χ1v) is 14.0. The summed E-state index contributed by atoms with van der Waals surface area (Å²) in [4.78, 5) is 36.4. The van der Waals surface area contributed by atoms with E-state index in [1.165, 1.54) is 57.6 Å². The number of nitrogens with one attached hydrogen (secondary N) is 2. The van der Waals surface area contributed by atoms with Gasteiger partial charge in [0.05, 0.1) is 18.3 Å². The zero-order valence-electron chi connectivity index (χ0n) is 22.3. The fourth-order valence-electron chi connectivity index (χ4n) is 3.86. The molecule has 0 saturated carbocycles. The zero-order chi connectivity index (χ0) is 27.4. The van der Waals surface area contributed by atoms with Gasteiger partial charge in [-0.3, -0.25) is 9.59 Å². The summed E-state index contributed by atoms with van der Waals surface area (Å²) in [6.45, 7) is 2.08. The summed E-state index contributed by atoms with van der Waals surface area (Å²) in [7, 11) is 0. The van der Waals surface area contributed by atoms with Gasteiger partial charge in [-0.1, -0.05) is 94.9 Å². The number of halogens is 1. The monoisotopic (exact) mass is 541 g/mol. The molecule has 0 aliphatic rings. The van der Waals surface area contributed by atoms with Crippen molar-refractivity contribution in [2.24, 2.45) is 5.10 Å². The Bertz CT molecular complexity index is 1020. The Balaban J connectivity index is 1.60. The van der Waals surface area contributed by atoms with Crippen molar-refractivity contribution >= 4 is 35.6 Å². The predicted molar refractivity (Wildman–Crippen MR) is 153 cm³/mol. The molecule has 0 unspecified atom stereocenters. The molecule has 0 saturated heterocycles. The highest BCUT2D eigenvalue weighted by molar-refractivity contribution is 6.30. The standard InChI is InChI=1S/C30H40ClN3O4/c1-2-3-4-5-6-7-8-9-10-11-12-17-28(35)32-23-29(36)34-33-22-25-15-13-14-16-27(25)38-30(37)24-18-20-26(31)21-19-24/h13-16,18-22H,2-12,17,23H2,1H3,(H,32,35)(H,34,36)/b33-22-. The number of benzene rings is 2. The van der Waals surface area contributed by atoms with Crippen LogP contribution in [0.3, 0.4) is 0 Å². The SMILES string of the molecule is CCCCCCCCCCCCCC(=O)NCC(=O)N/N=C\c1ccccc1OC(=O)c1ccc(Cl)cc1. The highest BCUT2D eigenvalue weighted by Crippen LogP contribution is 2.18. The van der Waals surface area contributed by atoms with E-state index in [9.17, 15) is 14.4 Å². The summed E-state index contributed by atoms with van der Waals surface area (Å²) in [5.74, 6) is -0.818. The Labute approximate surface area is 231 Å². The van der Waals surface area contributed by atoms with Crippen LogP contribution in [-0.2, 0) is 9.59 Å². The van der Waals surface area contributed by atoms with Gasteiger partial charge in [0.1, 0.15) is 5.75 Å². The number of hydrogen-bond donors (Lipinski definition) is 2. The summed E-state index contributed by atoms with van der Waals surface area (Å²) in [5, 5.41) is 7.06. The lowest BCUT2D eigenvalue weighted by Crippen LogP contribution is -2.34. The van der Waals surface area contributed by atoms with Crippen LogP contribution in [0.5, 0.6) is 5.75 Å². The first kappa shape index (κ1) is 31.0. The minimum atomic E-state index is -0.535. The summed E-state index contributed by atoms with van der Waals surface area (Å²) in [6, 6.07) is 13.2. The molecule has 7 nitrogen and oxygen atoms in total. The van der Waals surface area contributed by atoms with Gasteiger partial charge in [0.25, 0.3) is 5.91 Å². The van der Waals surface area contributed by atoms with Crippen LogP contribution >= 0.6 is 11.6 Å². The first-order chi connectivity index (χ1) is 18.5. The maximum Gasteiger partial charge on any atom is 0.343 e. The van der Waals surface area contributed by atoms with Gasteiger partial charge in [0, 0.05) is 17.0 Å². The molecule has 0 aliphatic heterocycles. The molecule has 0 radical (unpaired) electrons. The molecule has 206 valence electrons. The van der Waals surface area contributed by atoms with Crippen molar-refractivity contribution in [2.75, 3.05) is 6.54 Å². The summed E-state index contributed by atoms with van der Waals surface area (Å²) >= 11 is 5.86. The third-order valence-corrected chi connectivity index (χ3v) is 6.30. The zero-order valence-corrected chi connectivity index (χ0v) is 23.1. The topological polar surface area (TPSA) is 96.9 Å². The highest BCUT2D eigenvalue weighted by atomic mass is 35.5. The van der Waals surface area contributed by atoms with E-state index in [0.29, 0.717) is 28.3 Å². The van der Waals surface area contributed by atoms with E-state index in [-0.39, 0.29) is 12.5 Å². The molecule has 2 rings (SSSR count). The van der Waals surface area contributed by atoms with Crippen LogP contribution in [-0.4, -0.2) is 30.5 Å². The van der Waals surface area contributed by atoms with Crippen molar-refractivity contribution < 1.29 is 19.1 Å². The minimum absolute atomic E-state index is 0.139. The summed E-state index contributed by atoms with van der Waals surface area (Å²) in [5.41, 5.74) is 3.25. The molecule has 8 heteroatoms. The summed E-state index contributed by atoms with van der Waals surface area (Å²) in [6.07, 6.45) is 15.3. The Morgan fingerprint density at radius 3 is 2.08 bits per heavy atom. The summed E-state index contributed by atoms with van der Waals surface area (Å²) < 4.78 is 5.46. The molecular formula is C30H40ClN3O4. The molecule has 0 bridgehead atoms. The Morgan fingerprint density at radius 2 is 1.42 bits per heavy atom. The third kappa shape index (κ3) is 13.4. The van der Waals surface area contributed by atoms with Crippen molar-refractivity contribution in [3.05, 3.63) is 64.7 Å². The van der Waals surface area contributed by atoms with Gasteiger partial charge in [-0.15, -0.1) is 0 Å². The van der Waals surface area contributed by atoms with Crippen molar-refractivity contribution in [3.8, 4) is 5.75 Å². The number of hydrazone groups is 1. The van der Waals surface area contributed by atoms with E-state index < -0.39 is 11.9 Å². The van der Waals surface area contributed by atoms with E-state index >= 15 is 0 Å². The van der Waals surface area contributed by atoms with E-state index in [0.717, 1.165) is 19.3 Å². The van der Waals surface area contributed by atoms with Crippen molar-refractivity contribution in [3.63, 3.8) is 0 Å². The Morgan fingerprint density at radius 1 is 0.816 bits per heavy atom. The minimum Gasteiger partial charge on any atom is -0.422 e. The number of esters is 1. The molecule has 0 aromatic heterocycles. The smallest absolute Gasteiger partial charge is 0.343 e. The van der Waals surface area contributed by atoms with E-state index in [1.54, 1.807) is 48.5 Å². The number of amides is 2. The third-order valence-electron chi connectivity index (χ3n) is 6.05. The van der Waals surface area contributed by atoms with Gasteiger partial charge in [0.2, 0.25) is 5.91 Å². The quantitative estimate of drug-likeness (QED) is 0.0710. The Hall–Kier alpha value is -3.19. The molecule has 2 amide bonds. The maximum absolute atomic E-state index is 12.4. The highest BCUT2D eigenvalue weighted by Gasteiger charge is 2.11. The molecule has 38 heavy (non-hydrogen) atoms. The van der Waals surface area contributed by atoms with Crippen LogP contribution in [0.1, 0.15) is 99.9 Å². The second-order valence-electron chi connectivity index (χ2n) is 9.29. The second kappa shape index (κ2) is 19.0. The van der Waals surface area contributed by atoms with Crippen LogP contribution < -0.4 is 15.5 Å². The molecule has 2 aromatic carbocycles. The van der Waals surface area contributed by atoms with Crippen LogP contribution in [0.4, 0.5) is 0 Å². The van der Waals surface area contributed by atoms with Crippen LogP contribution in [0.2, 0.25) is 5.02 Å². The fourth-order valence-corrected chi connectivity index (χ4v) is 3.98. The molecule has 2 N–H and O–H groups in total. The van der Waals surface area contributed by atoms with Crippen LogP contribution in [0, 0.1) is 0 Å². The fraction of sp³-hybridized carbons (Fsp3) is 0.467. The van der Waals surface area contributed by atoms with Crippen molar-refractivity contribution in [1.29, 1.82) is 0 Å². The van der Waals surface area contributed by atoms with Crippen LogP contribution in [0.15, 0.2) is 53.6 Å². The lowest BCUT2D eigenvalue weighted by molar-refractivity contribution is -0.126. The van der Waals surface area contributed by atoms with E-state index in [1.807, 2.05) is 0 Å². The van der Waals surface area contributed by atoms with Crippen molar-refractivity contribution in [1.82, 2.24) is 10.7 Å². The van der Waals surface area contributed by atoms with Gasteiger partial charge in [-0.25, -0.2) is 10.2 Å². The molecule has 0 fully saturated rings. The maximum atomic E-state index is 12.4. The molecule has 0 heterocycles. The number of rotatable bonds is 18. The normalized spacial score (nSPS) is 10.9. The average molecular weight is 542 g/mol. The first-order valence-electron chi connectivity index (χ1n) is 13.6. The molecule has 2 aromatic rings. The number of ether oxygens (including phenoxy) is 1. The predicted octanol–water partition coefficient (Wildman–Crippen LogP) is 6.83. The molecular weight excluding hydrogens is 502 g/mol. The number of unbranched alkanes of at least 4 members (excludes halogenated alkanes) is 10. The van der Waals surface area contributed by atoms with Gasteiger partial charge >= 0.3 is 5.97 Å². The average Bonchev–Trinajstić information content (AvgIpc) is 2.92. The van der Waals surface area contributed by atoms with Crippen molar-refractivity contribution in [2.45, 2.75) is 84.0 Å². The number of carbonyl (C=O) groups excluding carboxylic acids is 3. The second-order valence-corrected chi connectivity index (χ2v) is 9.73. The van der Waals surface area contributed by atoms with Gasteiger partial charge in [-0.2, -0.15) is 5.10 Å². The molecule has 0 aliphatic carbocycles. The Kier molecular flexibility index (Phi) is 15.5. The number of nitrogens with zero attached hydrogens (tertiary/aromatic N) is 1. The number of carbonyl (C=O) groups is 3. The lowest BCUT2D eigenvalue weighted by atomic mass is 10.1. The van der Waals surface area contributed by atoms with Crippen LogP contribution in [0.25, 0.3) is 0 Å². The van der Waals surface area contributed by atoms with Gasteiger partial charge in [-0.05, 0) is 42.8 Å². The largest absolute Gasteiger partial charge is 0.422 e. The van der Waals surface area contributed by atoms with E-state index in [2.05, 4.69) is 22.8 Å². The molecule has 0 atom stereocenters. The van der Waals surface area contributed by atoms with Gasteiger partial charge in [0.15, 0.2) is 0 Å². The number of para-hydroxylation sites is 1.